The van der Waals surface area contributed by atoms with E-state index in [1.54, 1.807) is 0 Å². The van der Waals surface area contributed by atoms with Crippen molar-refractivity contribution >= 4 is 0 Å². The lowest BCUT2D eigenvalue weighted by Crippen LogP contribution is -2.57. The lowest BCUT2D eigenvalue weighted by Gasteiger charge is -2.49. The zero-order valence-corrected chi connectivity index (χ0v) is 10.7. The fourth-order valence-corrected chi connectivity index (χ4v) is 3.48. The van der Waals surface area contributed by atoms with Crippen molar-refractivity contribution in [3.05, 3.63) is 0 Å². The van der Waals surface area contributed by atoms with Gasteiger partial charge in [-0.1, -0.05) is 19.3 Å². The van der Waals surface area contributed by atoms with Crippen LogP contribution >= 0.6 is 0 Å². The summed E-state index contributed by atoms with van der Waals surface area (Å²) in [4.78, 5) is 5.19. The third-order valence-electron chi connectivity index (χ3n) is 4.57. The molecule has 1 saturated carbocycles. The number of hydrogen-bond acceptors (Lipinski definition) is 3. The molecule has 0 aromatic carbocycles. The fourth-order valence-electron chi connectivity index (χ4n) is 3.48. The van der Waals surface area contributed by atoms with E-state index in [0.717, 1.165) is 6.54 Å². The van der Waals surface area contributed by atoms with E-state index in [9.17, 15) is 0 Å². The largest absolute Gasteiger partial charge is 0.330 e. The van der Waals surface area contributed by atoms with Gasteiger partial charge in [-0.2, -0.15) is 0 Å². The van der Waals surface area contributed by atoms with Gasteiger partial charge in [-0.05, 0) is 32.9 Å². The molecule has 2 fully saturated rings. The molecule has 2 N–H and O–H groups in total. The van der Waals surface area contributed by atoms with Crippen molar-refractivity contribution in [1.82, 2.24) is 9.80 Å². The first-order valence-electron chi connectivity index (χ1n) is 6.90. The van der Waals surface area contributed by atoms with Crippen molar-refractivity contribution in [2.75, 3.05) is 39.8 Å². The monoisotopic (exact) mass is 225 g/mol. The van der Waals surface area contributed by atoms with Crippen molar-refractivity contribution in [3.8, 4) is 0 Å². The standard InChI is InChI=1S/C13H27N3/c1-15-9-11-16(12-10-15)13(7-8-14)5-3-2-4-6-13/h2-12,14H2,1H3. The summed E-state index contributed by atoms with van der Waals surface area (Å²) in [6.45, 7) is 5.80. The minimum atomic E-state index is 0.467. The Balaban J connectivity index is 2.00. The van der Waals surface area contributed by atoms with Gasteiger partial charge in [0, 0.05) is 31.7 Å². The molecule has 0 spiro atoms. The second-order valence-electron chi connectivity index (χ2n) is 5.61. The summed E-state index contributed by atoms with van der Waals surface area (Å²) >= 11 is 0. The maximum Gasteiger partial charge on any atom is 0.0222 e. The Kier molecular flexibility index (Phi) is 4.22. The van der Waals surface area contributed by atoms with Gasteiger partial charge in [0.25, 0.3) is 0 Å². The Morgan fingerprint density at radius 1 is 1.00 bits per heavy atom. The van der Waals surface area contributed by atoms with Crippen LogP contribution in [-0.2, 0) is 0 Å². The Morgan fingerprint density at radius 2 is 1.62 bits per heavy atom. The normalized spacial score (nSPS) is 28.1. The Morgan fingerprint density at radius 3 is 2.19 bits per heavy atom. The van der Waals surface area contributed by atoms with Gasteiger partial charge >= 0.3 is 0 Å². The second kappa shape index (κ2) is 5.48. The molecule has 0 amide bonds. The Bertz CT molecular complexity index is 198. The van der Waals surface area contributed by atoms with Crippen molar-refractivity contribution < 1.29 is 0 Å². The van der Waals surface area contributed by atoms with Crippen LogP contribution in [0.3, 0.4) is 0 Å². The minimum Gasteiger partial charge on any atom is -0.330 e. The molecule has 2 rings (SSSR count). The van der Waals surface area contributed by atoms with Gasteiger partial charge in [0.15, 0.2) is 0 Å². The average molecular weight is 225 g/mol. The predicted molar refractivity (Wildman–Crippen MR) is 68.6 cm³/mol. The van der Waals surface area contributed by atoms with Gasteiger partial charge in [0.05, 0.1) is 0 Å². The van der Waals surface area contributed by atoms with Crippen LogP contribution in [-0.4, -0.2) is 55.1 Å². The fraction of sp³-hybridized carbons (Fsp3) is 1.00. The van der Waals surface area contributed by atoms with Crippen LogP contribution in [0.2, 0.25) is 0 Å². The highest BCUT2D eigenvalue weighted by molar-refractivity contribution is 4.95. The molecule has 3 heteroatoms. The lowest BCUT2D eigenvalue weighted by molar-refractivity contribution is 0.00923. The number of rotatable bonds is 3. The molecule has 0 bridgehead atoms. The zero-order chi connectivity index (χ0) is 11.4. The maximum absolute atomic E-state index is 5.84. The SMILES string of the molecule is CN1CCN(C2(CCN)CCCCC2)CC1. The number of piperazine rings is 1. The molecular formula is C13H27N3. The molecule has 16 heavy (non-hydrogen) atoms. The van der Waals surface area contributed by atoms with Gasteiger partial charge in [-0.25, -0.2) is 0 Å². The van der Waals surface area contributed by atoms with Gasteiger partial charge < -0.3 is 10.6 Å². The highest BCUT2D eigenvalue weighted by Gasteiger charge is 2.37. The highest BCUT2D eigenvalue weighted by atomic mass is 15.3. The average Bonchev–Trinajstić information content (AvgIpc) is 2.31. The zero-order valence-electron chi connectivity index (χ0n) is 10.7. The highest BCUT2D eigenvalue weighted by Crippen LogP contribution is 2.36. The molecule has 94 valence electrons. The van der Waals surface area contributed by atoms with E-state index in [4.69, 9.17) is 5.73 Å². The van der Waals surface area contributed by atoms with E-state index in [-0.39, 0.29) is 0 Å². The second-order valence-corrected chi connectivity index (χ2v) is 5.61. The van der Waals surface area contributed by atoms with Crippen molar-refractivity contribution in [2.45, 2.75) is 44.1 Å². The maximum atomic E-state index is 5.84. The number of likely N-dealkylation sites (N-methyl/N-ethyl adjacent to an activating group) is 1. The topological polar surface area (TPSA) is 32.5 Å². The molecular weight excluding hydrogens is 198 g/mol. The van der Waals surface area contributed by atoms with Gasteiger partial charge in [-0.15, -0.1) is 0 Å². The summed E-state index contributed by atoms with van der Waals surface area (Å²) in [6.07, 6.45) is 8.22. The summed E-state index contributed by atoms with van der Waals surface area (Å²) in [5, 5.41) is 0. The molecule has 0 unspecified atom stereocenters. The molecule has 0 radical (unpaired) electrons. The predicted octanol–water partition coefficient (Wildman–Crippen LogP) is 1.29. The summed E-state index contributed by atoms with van der Waals surface area (Å²) in [5.74, 6) is 0. The minimum absolute atomic E-state index is 0.467. The molecule has 1 aliphatic heterocycles. The van der Waals surface area contributed by atoms with E-state index in [1.165, 1.54) is 64.7 Å². The van der Waals surface area contributed by atoms with Crippen LogP contribution < -0.4 is 5.73 Å². The summed E-state index contributed by atoms with van der Waals surface area (Å²) in [6, 6.07) is 0. The Hall–Kier alpha value is -0.120. The first-order valence-corrected chi connectivity index (χ1v) is 6.90. The number of hydrogen-bond donors (Lipinski definition) is 1. The van der Waals surface area contributed by atoms with E-state index >= 15 is 0 Å². The van der Waals surface area contributed by atoms with Crippen LogP contribution in [0.15, 0.2) is 0 Å². The molecule has 1 heterocycles. The van der Waals surface area contributed by atoms with E-state index in [0.29, 0.717) is 5.54 Å². The molecule has 0 aromatic rings. The van der Waals surface area contributed by atoms with Gasteiger partial charge in [-0.3, -0.25) is 4.90 Å². The molecule has 0 atom stereocenters. The quantitative estimate of drug-likeness (QED) is 0.785. The van der Waals surface area contributed by atoms with Crippen molar-refractivity contribution in [3.63, 3.8) is 0 Å². The first kappa shape index (κ1) is 12.3. The van der Waals surface area contributed by atoms with Crippen LogP contribution in [0.1, 0.15) is 38.5 Å². The molecule has 1 saturated heterocycles. The van der Waals surface area contributed by atoms with Crippen molar-refractivity contribution in [1.29, 1.82) is 0 Å². The first-order chi connectivity index (χ1) is 7.77. The van der Waals surface area contributed by atoms with Gasteiger partial charge in [0.2, 0.25) is 0 Å². The van der Waals surface area contributed by atoms with Gasteiger partial charge in [0.1, 0.15) is 0 Å². The van der Waals surface area contributed by atoms with E-state index < -0.39 is 0 Å². The molecule has 1 aliphatic carbocycles. The molecule has 0 aromatic heterocycles. The summed E-state index contributed by atoms with van der Waals surface area (Å²) in [5.41, 5.74) is 6.31. The molecule has 2 aliphatic rings. The third-order valence-corrected chi connectivity index (χ3v) is 4.57. The lowest BCUT2D eigenvalue weighted by atomic mass is 9.77. The van der Waals surface area contributed by atoms with Crippen LogP contribution in [0, 0.1) is 0 Å². The number of nitrogens with zero attached hydrogens (tertiary/aromatic N) is 2. The molecule has 3 nitrogen and oxygen atoms in total. The van der Waals surface area contributed by atoms with Crippen LogP contribution in [0.4, 0.5) is 0 Å². The van der Waals surface area contributed by atoms with E-state index in [2.05, 4.69) is 16.8 Å². The smallest absolute Gasteiger partial charge is 0.0222 e. The number of nitrogens with two attached hydrogens (primary N) is 1. The summed E-state index contributed by atoms with van der Waals surface area (Å²) < 4.78 is 0. The van der Waals surface area contributed by atoms with Crippen LogP contribution in [0.5, 0.6) is 0 Å². The van der Waals surface area contributed by atoms with Crippen molar-refractivity contribution in [2.24, 2.45) is 5.73 Å². The summed E-state index contributed by atoms with van der Waals surface area (Å²) in [7, 11) is 2.23. The third kappa shape index (κ3) is 2.58. The Labute approximate surface area is 100.0 Å². The van der Waals surface area contributed by atoms with Crippen LogP contribution in [0.25, 0.3) is 0 Å². The van der Waals surface area contributed by atoms with E-state index in [1.807, 2.05) is 0 Å².